The average Bonchev–Trinajstić information content (AvgIpc) is 3.16. The van der Waals surface area contributed by atoms with Crippen molar-refractivity contribution in [2.24, 2.45) is 0 Å². The van der Waals surface area contributed by atoms with Gasteiger partial charge in [0.15, 0.2) is 0 Å². The lowest BCUT2D eigenvalue weighted by Crippen LogP contribution is -1.91. The van der Waals surface area contributed by atoms with Crippen LogP contribution in [0.4, 0.5) is 4.39 Å². The number of halogens is 1. The van der Waals surface area contributed by atoms with Gasteiger partial charge < -0.3 is 9.72 Å². The third kappa shape index (κ3) is 3.03. The molecule has 0 aliphatic rings. The molecule has 0 aliphatic carbocycles. The number of methoxy groups -OCH3 is 1. The van der Waals surface area contributed by atoms with Crippen LogP contribution >= 0.6 is 0 Å². The summed E-state index contributed by atoms with van der Waals surface area (Å²) in [6.45, 7) is 4.11. The van der Waals surface area contributed by atoms with E-state index in [0.717, 1.165) is 44.4 Å². The number of pyridine rings is 1. The number of nitrogens with zero attached hydrogens (tertiary/aromatic N) is 1. The van der Waals surface area contributed by atoms with E-state index < -0.39 is 0 Å². The van der Waals surface area contributed by atoms with Gasteiger partial charge in [-0.15, -0.1) is 0 Å². The quantitative estimate of drug-likeness (QED) is 0.373. The molecule has 30 heavy (non-hydrogen) atoms. The van der Waals surface area contributed by atoms with Crippen molar-refractivity contribution >= 4 is 27.5 Å². The van der Waals surface area contributed by atoms with Gasteiger partial charge in [-0.1, -0.05) is 43.0 Å². The fourth-order valence-corrected chi connectivity index (χ4v) is 3.76. The Labute approximate surface area is 173 Å². The summed E-state index contributed by atoms with van der Waals surface area (Å²) in [6, 6.07) is 23.0. The largest absolute Gasteiger partial charge is 0.497 e. The molecule has 4 heteroatoms. The standard InChI is InChI=1S/C26H19FN2O/c1-16(21-5-3-4-6-24(21)27)19-14-23-22-13-18(17-7-10-20(30-2)11-8-17)9-12-25(22)29-26(23)28-15-19/h3-15H,1H2,2H3,(H,28,29). The minimum atomic E-state index is -0.289. The predicted octanol–water partition coefficient (Wildman–Crippen LogP) is 6.59. The Hall–Kier alpha value is -3.92. The van der Waals surface area contributed by atoms with E-state index in [0.29, 0.717) is 11.1 Å². The van der Waals surface area contributed by atoms with Crippen LogP contribution < -0.4 is 4.74 Å². The Bertz CT molecular complexity index is 1400. The van der Waals surface area contributed by atoms with Crippen molar-refractivity contribution in [3.63, 3.8) is 0 Å². The van der Waals surface area contributed by atoms with Crippen LogP contribution in [0.25, 0.3) is 38.6 Å². The average molecular weight is 394 g/mol. The monoisotopic (exact) mass is 394 g/mol. The lowest BCUT2D eigenvalue weighted by atomic mass is 9.98. The number of H-pyrrole nitrogens is 1. The molecule has 146 valence electrons. The lowest BCUT2D eigenvalue weighted by Gasteiger charge is -2.07. The van der Waals surface area contributed by atoms with Crippen LogP contribution in [0, 0.1) is 5.82 Å². The zero-order valence-electron chi connectivity index (χ0n) is 16.4. The highest BCUT2D eigenvalue weighted by Gasteiger charge is 2.12. The fourth-order valence-electron chi connectivity index (χ4n) is 3.76. The summed E-state index contributed by atoms with van der Waals surface area (Å²) < 4.78 is 19.5. The molecule has 3 nitrogen and oxygen atoms in total. The SMILES string of the molecule is C=C(c1cnc2[nH]c3ccc(-c4ccc(OC)cc4)cc3c2c1)c1ccccc1F. The highest BCUT2D eigenvalue weighted by Crippen LogP contribution is 2.32. The second-order valence-corrected chi connectivity index (χ2v) is 7.19. The van der Waals surface area contributed by atoms with E-state index in [9.17, 15) is 4.39 Å². The third-order valence-electron chi connectivity index (χ3n) is 5.42. The number of ether oxygens (including phenoxy) is 1. The van der Waals surface area contributed by atoms with Crippen molar-refractivity contribution < 1.29 is 9.13 Å². The number of nitrogens with one attached hydrogen (secondary N) is 1. The zero-order chi connectivity index (χ0) is 20.7. The van der Waals surface area contributed by atoms with E-state index in [-0.39, 0.29) is 5.82 Å². The predicted molar refractivity (Wildman–Crippen MR) is 120 cm³/mol. The molecular formula is C26H19FN2O. The molecule has 0 bridgehead atoms. The summed E-state index contributed by atoms with van der Waals surface area (Å²) in [5, 5.41) is 2.05. The van der Waals surface area contributed by atoms with Crippen LogP contribution in [-0.4, -0.2) is 17.1 Å². The minimum Gasteiger partial charge on any atom is -0.497 e. The Morgan fingerprint density at radius 3 is 2.47 bits per heavy atom. The van der Waals surface area contributed by atoms with Gasteiger partial charge in [0.25, 0.3) is 0 Å². The van der Waals surface area contributed by atoms with Crippen LogP contribution in [0.1, 0.15) is 11.1 Å². The highest BCUT2D eigenvalue weighted by atomic mass is 19.1. The number of rotatable bonds is 4. The van der Waals surface area contributed by atoms with E-state index in [1.807, 2.05) is 36.4 Å². The molecule has 0 fully saturated rings. The summed E-state index contributed by atoms with van der Waals surface area (Å²) in [4.78, 5) is 7.92. The molecule has 0 unspecified atom stereocenters. The van der Waals surface area contributed by atoms with E-state index in [4.69, 9.17) is 4.74 Å². The van der Waals surface area contributed by atoms with Crippen molar-refractivity contribution in [2.45, 2.75) is 0 Å². The first kappa shape index (κ1) is 18.1. The van der Waals surface area contributed by atoms with E-state index in [2.05, 4.69) is 34.7 Å². The summed E-state index contributed by atoms with van der Waals surface area (Å²) in [6.07, 6.45) is 1.73. The highest BCUT2D eigenvalue weighted by molar-refractivity contribution is 6.08. The maximum atomic E-state index is 14.2. The molecule has 5 rings (SSSR count). The number of hydrogen-bond donors (Lipinski definition) is 1. The molecule has 0 atom stereocenters. The van der Waals surface area contributed by atoms with Gasteiger partial charge in [0.2, 0.25) is 0 Å². The number of aromatic nitrogens is 2. The van der Waals surface area contributed by atoms with Gasteiger partial charge in [-0.2, -0.15) is 0 Å². The van der Waals surface area contributed by atoms with Crippen LogP contribution in [0.5, 0.6) is 5.75 Å². The topological polar surface area (TPSA) is 37.9 Å². The first-order valence-corrected chi connectivity index (χ1v) is 9.64. The number of benzene rings is 3. The molecule has 0 spiro atoms. The molecule has 0 aliphatic heterocycles. The summed E-state index contributed by atoms with van der Waals surface area (Å²) in [7, 11) is 1.66. The van der Waals surface area contributed by atoms with E-state index >= 15 is 0 Å². The molecule has 5 aromatic rings. The van der Waals surface area contributed by atoms with Gasteiger partial charge in [-0.05, 0) is 53.1 Å². The second-order valence-electron chi connectivity index (χ2n) is 7.19. The molecule has 0 saturated heterocycles. The maximum Gasteiger partial charge on any atom is 0.138 e. The zero-order valence-corrected chi connectivity index (χ0v) is 16.4. The Kier molecular flexibility index (Phi) is 4.32. The molecule has 0 radical (unpaired) electrons. The lowest BCUT2D eigenvalue weighted by molar-refractivity contribution is 0.415. The van der Waals surface area contributed by atoms with Gasteiger partial charge in [0, 0.05) is 33.6 Å². The van der Waals surface area contributed by atoms with Crippen molar-refractivity contribution in [3.8, 4) is 16.9 Å². The van der Waals surface area contributed by atoms with Gasteiger partial charge in [0.1, 0.15) is 17.2 Å². The Morgan fingerprint density at radius 1 is 0.933 bits per heavy atom. The van der Waals surface area contributed by atoms with Crippen LogP contribution in [-0.2, 0) is 0 Å². The first-order valence-electron chi connectivity index (χ1n) is 9.64. The molecular weight excluding hydrogens is 375 g/mol. The third-order valence-corrected chi connectivity index (χ3v) is 5.42. The van der Waals surface area contributed by atoms with Gasteiger partial charge in [-0.3, -0.25) is 0 Å². The van der Waals surface area contributed by atoms with Crippen LogP contribution in [0.3, 0.4) is 0 Å². The van der Waals surface area contributed by atoms with E-state index in [1.165, 1.54) is 6.07 Å². The molecule has 2 heterocycles. The summed E-state index contributed by atoms with van der Waals surface area (Å²) in [5.74, 6) is 0.538. The first-order chi connectivity index (χ1) is 14.6. The normalized spacial score (nSPS) is 11.1. The van der Waals surface area contributed by atoms with E-state index in [1.54, 1.807) is 25.4 Å². The molecule has 0 amide bonds. The Balaban J connectivity index is 1.62. The van der Waals surface area contributed by atoms with Crippen LogP contribution in [0.2, 0.25) is 0 Å². The molecule has 2 aromatic heterocycles. The second kappa shape index (κ2) is 7.16. The van der Waals surface area contributed by atoms with Gasteiger partial charge in [0.05, 0.1) is 7.11 Å². The molecule has 0 saturated carbocycles. The van der Waals surface area contributed by atoms with Crippen molar-refractivity contribution in [1.82, 2.24) is 9.97 Å². The van der Waals surface area contributed by atoms with Crippen molar-refractivity contribution in [3.05, 3.63) is 103 Å². The number of aromatic amines is 1. The van der Waals surface area contributed by atoms with Crippen molar-refractivity contribution in [1.29, 1.82) is 0 Å². The summed E-state index contributed by atoms with van der Waals surface area (Å²) in [5.41, 5.74) is 5.89. The minimum absolute atomic E-state index is 0.289. The van der Waals surface area contributed by atoms with Crippen LogP contribution in [0.15, 0.2) is 85.6 Å². The smallest absolute Gasteiger partial charge is 0.138 e. The van der Waals surface area contributed by atoms with Gasteiger partial charge in [-0.25, -0.2) is 9.37 Å². The number of fused-ring (bicyclic) bond motifs is 3. The molecule has 3 aromatic carbocycles. The summed E-state index contributed by atoms with van der Waals surface area (Å²) >= 11 is 0. The Morgan fingerprint density at radius 2 is 1.70 bits per heavy atom. The van der Waals surface area contributed by atoms with Gasteiger partial charge >= 0.3 is 0 Å². The number of hydrogen-bond acceptors (Lipinski definition) is 2. The fraction of sp³-hybridized carbons (Fsp3) is 0.0385. The van der Waals surface area contributed by atoms with Crippen molar-refractivity contribution in [2.75, 3.05) is 7.11 Å². The maximum absolute atomic E-state index is 14.2. The molecule has 1 N–H and O–H groups in total.